The highest BCUT2D eigenvalue weighted by atomic mass is 15.0. The van der Waals surface area contributed by atoms with E-state index >= 15 is 0 Å². The van der Waals surface area contributed by atoms with Crippen LogP contribution in [0, 0.1) is 11.3 Å². The largest absolute Gasteiger partial charge is 0.399 e. The van der Waals surface area contributed by atoms with Gasteiger partial charge in [-0.05, 0) is 30.3 Å². The van der Waals surface area contributed by atoms with E-state index in [-0.39, 0.29) is 0 Å². The smallest absolute Gasteiger partial charge is 0.145 e. The quantitative estimate of drug-likeness (QED) is 0.708. The summed E-state index contributed by atoms with van der Waals surface area (Å²) < 4.78 is 2.09. The summed E-state index contributed by atoms with van der Waals surface area (Å²) in [6, 6.07) is 13.7. The van der Waals surface area contributed by atoms with E-state index in [9.17, 15) is 0 Å². The van der Waals surface area contributed by atoms with E-state index in [1.165, 1.54) is 0 Å². The third-order valence-electron chi connectivity index (χ3n) is 3.13. The molecular formula is C15H12N4. The van der Waals surface area contributed by atoms with Gasteiger partial charge in [0.05, 0.1) is 6.54 Å². The monoisotopic (exact) mass is 248 g/mol. The lowest BCUT2D eigenvalue weighted by Crippen LogP contribution is -2.01. The lowest BCUT2D eigenvalue weighted by atomic mass is 10.2. The lowest BCUT2D eigenvalue weighted by molar-refractivity contribution is 0.828. The molecule has 3 rings (SSSR count). The molecule has 0 bridgehead atoms. The van der Waals surface area contributed by atoms with Crippen LogP contribution in [0.4, 0.5) is 5.69 Å². The molecule has 0 saturated carbocycles. The van der Waals surface area contributed by atoms with E-state index in [2.05, 4.69) is 15.6 Å². The van der Waals surface area contributed by atoms with Crippen LogP contribution in [-0.2, 0) is 6.54 Å². The van der Waals surface area contributed by atoms with Crippen LogP contribution in [0.15, 0.2) is 48.8 Å². The first-order valence-corrected chi connectivity index (χ1v) is 5.96. The first-order valence-electron chi connectivity index (χ1n) is 5.96. The molecule has 2 heterocycles. The fraction of sp³-hybridized carbons (Fsp3) is 0.0667. The highest BCUT2D eigenvalue weighted by Gasteiger charge is 2.06. The fourth-order valence-corrected chi connectivity index (χ4v) is 2.21. The molecule has 0 amide bonds. The second kappa shape index (κ2) is 4.46. The van der Waals surface area contributed by atoms with E-state index in [1.807, 2.05) is 42.6 Å². The lowest BCUT2D eigenvalue weighted by Gasteiger charge is -2.07. The third-order valence-corrected chi connectivity index (χ3v) is 3.13. The van der Waals surface area contributed by atoms with Crippen molar-refractivity contribution in [2.75, 3.05) is 5.73 Å². The third kappa shape index (κ3) is 2.02. The summed E-state index contributed by atoms with van der Waals surface area (Å²) in [5.41, 5.74) is 9.01. The first kappa shape index (κ1) is 11.3. The molecule has 0 radical (unpaired) electrons. The zero-order valence-corrected chi connectivity index (χ0v) is 10.2. The Kier molecular flexibility index (Phi) is 2.66. The second-order valence-electron chi connectivity index (χ2n) is 4.38. The molecule has 0 spiro atoms. The zero-order chi connectivity index (χ0) is 13.2. The summed E-state index contributed by atoms with van der Waals surface area (Å²) in [5, 5.41) is 10.2. The van der Waals surface area contributed by atoms with Crippen molar-refractivity contribution >= 4 is 16.6 Å². The van der Waals surface area contributed by atoms with Gasteiger partial charge in [-0.15, -0.1) is 0 Å². The molecule has 3 aromatic rings. The van der Waals surface area contributed by atoms with Gasteiger partial charge in [-0.3, -0.25) is 0 Å². The Morgan fingerprint density at radius 3 is 3.00 bits per heavy atom. The van der Waals surface area contributed by atoms with Crippen molar-refractivity contribution < 1.29 is 0 Å². The van der Waals surface area contributed by atoms with E-state index in [1.54, 1.807) is 6.20 Å². The van der Waals surface area contributed by atoms with Gasteiger partial charge < -0.3 is 10.3 Å². The summed E-state index contributed by atoms with van der Waals surface area (Å²) in [6.45, 7) is 0.629. The second-order valence-corrected chi connectivity index (χ2v) is 4.38. The Morgan fingerprint density at radius 1 is 1.26 bits per heavy atom. The molecule has 2 N–H and O–H groups in total. The molecule has 0 aliphatic carbocycles. The molecule has 0 fully saturated rings. The topological polar surface area (TPSA) is 67.6 Å². The number of nitrogen functional groups attached to an aromatic ring is 1. The number of anilines is 1. The molecule has 19 heavy (non-hydrogen) atoms. The maximum absolute atomic E-state index is 9.06. The van der Waals surface area contributed by atoms with Crippen LogP contribution in [-0.4, -0.2) is 9.55 Å². The Morgan fingerprint density at radius 2 is 2.16 bits per heavy atom. The van der Waals surface area contributed by atoms with Crippen molar-refractivity contribution in [2.45, 2.75) is 6.54 Å². The predicted octanol–water partition coefficient (Wildman–Crippen LogP) is 2.54. The highest BCUT2D eigenvalue weighted by Crippen LogP contribution is 2.20. The molecule has 0 aliphatic rings. The van der Waals surface area contributed by atoms with Crippen LogP contribution in [0.2, 0.25) is 0 Å². The van der Waals surface area contributed by atoms with Gasteiger partial charge in [0.2, 0.25) is 0 Å². The molecule has 92 valence electrons. The van der Waals surface area contributed by atoms with Crippen LogP contribution in [0.5, 0.6) is 0 Å². The number of pyridine rings is 1. The van der Waals surface area contributed by atoms with Crippen LogP contribution < -0.4 is 5.73 Å². The maximum Gasteiger partial charge on any atom is 0.145 e. The summed E-state index contributed by atoms with van der Waals surface area (Å²) in [5.74, 6) is 0. The van der Waals surface area contributed by atoms with Gasteiger partial charge in [0.25, 0.3) is 0 Å². The Hall–Kier alpha value is -2.80. The number of fused-ring (bicyclic) bond motifs is 1. The molecular weight excluding hydrogens is 236 g/mol. The standard InChI is InChI=1S/C15H12N4/c16-9-14-12(2-1-6-18-14)10-19-7-5-11-8-13(17)3-4-15(11)19/h1-8H,10,17H2. The molecule has 0 atom stereocenters. The van der Waals surface area contributed by atoms with Crippen LogP contribution in [0.25, 0.3) is 10.9 Å². The number of hydrogen-bond acceptors (Lipinski definition) is 3. The van der Waals surface area contributed by atoms with Crippen LogP contribution >= 0.6 is 0 Å². The number of nitrogens with two attached hydrogens (primary N) is 1. The minimum Gasteiger partial charge on any atom is -0.399 e. The van der Waals surface area contributed by atoms with Gasteiger partial charge in [-0.25, -0.2) is 4.98 Å². The molecule has 2 aromatic heterocycles. The van der Waals surface area contributed by atoms with Gasteiger partial charge in [-0.1, -0.05) is 6.07 Å². The van der Waals surface area contributed by atoms with Crippen molar-refractivity contribution in [3.05, 3.63) is 60.0 Å². The number of rotatable bonds is 2. The molecule has 4 heteroatoms. The van der Waals surface area contributed by atoms with Gasteiger partial charge in [0.15, 0.2) is 0 Å². The van der Waals surface area contributed by atoms with Gasteiger partial charge >= 0.3 is 0 Å². The van der Waals surface area contributed by atoms with Crippen molar-refractivity contribution in [1.29, 1.82) is 5.26 Å². The van der Waals surface area contributed by atoms with Gasteiger partial charge in [0.1, 0.15) is 11.8 Å². The van der Waals surface area contributed by atoms with Gasteiger partial charge in [0, 0.05) is 34.5 Å². The van der Waals surface area contributed by atoms with Crippen LogP contribution in [0.1, 0.15) is 11.3 Å². The normalized spacial score (nSPS) is 10.5. The van der Waals surface area contributed by atoms with E-state index in [0.29, 0.717) is 12.2 Å². The van der Waals surface area contributed by atoms with E-state index < -0.39 is 0 Å². The SMILES string of the molecule is N#Cc1ncccc1Cn1ccc2cc(N)ccc21. The Labute approximate surface area is 110 Å². The summed E-state index contributed by atoms with van der Waals surface area (Å²) in [4.78, 5) is 4.08. The average Bonchev–Trinajstić information content (AvgIpc) is 2.82. The molecule has 0 saturated heterocycles. The summed E-state index contributed by atoms with van der Waals surface area (Å²) in [7, 11) is 0. The highest BCUT2D eigenvalue weighted by molar-refractivity contribution is 5.83. The van der Waals surface area contributed by atoms with Crippen molar-refractivity contribution in [3.8, 4) is 6.07 Å². The number of benzene rings is 1. The Balaban J connectivity index is 2.04. The van der Waals surface area contributed by atoms with Crippen molar-refractivity contribution in [1.82, 2.24) is 9.55 Å². The summed E-state index contributed by atoms with van der Waals surface area (Å²) >= 11 is 0. The van der Waals surface area contributed by atoms with Crippen molar-refractivity contribution in [3.63, 3.8) is 0 Å². The molecule has 4 nitrogen and oxygen atoms in total. The fourth-order valence-electron chi connectivity index (χ4n) is 2.21. The average molecular weight is 248 g/mol. The number of hydrogen-bond donors (Lipinski definition) is 1. The number of nitrogens with zero attached hydrogens (tertiary/aromatic N) is 3. The van der Waals surface area contributed by atoms with E-state index in [4.69, 9.17) is 11.0 Å². The van der Waals surface area contributed by atoms with Crippen LogP contribution in [0.3, 0.4) is 0 Å². The van der Waals surface area contributed by atoms with Gasteiger partial charge in [-0.2, -0.15) is 5.26 Å². The molecule has 0 aliphatic heterocycles. The predicted molar refractivity (Wildman–Crippen MR) is 74.4 cm³/mol. The number of aromatic nitrogens is 2. The number of nitriles is 1. The first-order chi connectivity index (χ1) is 9.28. The minimum atomic E-state index is 0.472. The minimum absolute atomic E-state index is 0.472. The zero-order valence-electron chi connectivity index (χ0n) is 10.2. The van der Waals surface area contributed by atoms with E-state index in [0.717, 1.165) is 22.2 Å². The molecule has 1 aromatic carbocycles. The summed E-state index contributed by atoms with van der Waals surface area (Å²) in [6.07, 6.45) is 3.63. The maximum atomic E-state index is 9.06. The Bertz CT molecular complexity index is 780. The van der Waals surface area contributed by atoms with Crippen molar-refractivity contribution in [2.24, 2.45) is 0 Å². The molecule has 0 unspecified atom stereocenters.